The van der Waals surface area contributed by atoms with Crippen LogP contribution in [0.3, 0.4) is 0 Å². The third kappa shape index (κ3) is 5.03. The predicted octanol–water partition coefficient (Wildman–Crippen LogP) is 3.10. The minimum absolute atomic E-state index is 0.0902. The van der Waals surface area contributed by atoms with Gasteiger partial charge >= 0.3 is 5.97 Å². The number of rotatable bonds is 6. The fraction of sp³-hybridized carbons (Fsp3) is 0.417. The van der Waals surface area contributed by atoms with Crippen LogP contribution < -0.4 is 4.74 Å². The summed E-state index contributed by atoms with van der Waals surface area (Å²) in [5.74, 6) is 0.816. The van der Waals surface area contributed by atoms with Gasteiger partial charge in [-0.1, -0.05) is 12.5 Å². The molecule has 0 heterocycles. The molecule has 0 aliphatic rings. The summed E-state index contributed by atoms with van der Waals surface area (Å²) in [6.45, 7) is 0. The number of benzene rings is 1. The van der Waals surface area contributed by atoms with Gasteiger partial charge in [0.2, 0.25) is 0 Å². The molecule has 0 spiro atoms. The molecule has 1 N–H and O–H groups in total. The number of halogens is 1. The van der Waals surface area contributed by atoms with Gasteiger partial charge in [0.25, 0.3) is 0 Å². The van der Waals surface area contributed by atoms with Gasteiger partial charge in [-0.25, -0.2) is 0 Å². The van der Waals surface area contributed by atoms with Crippen LogP contribution in [0.4, 0.5) is 0 Å². The van der Waals surface area contributed by atoms with Crippen LogP contribution in [0.5, 0.6) is 11.5 Å². The minimum atomic E-state index is -0.278. The lowest BCUT2D eigenvalue weighted by atomic mass is 10.2. The highest BCUT2D eigenvalue weighted by molar-refractivity contribution is 6.17. The van der Waals surface area contributed by atoms with Crippen molar-refractivity contribution in [2.24, 2.45) is 0 Å². The molecule has 0 aromatic heterocycles. The lowest BCUT2D eigenvalue weighted by Crippen LogP contribution is -2.07. The zero-order valence-electron chi connectivity index (χ0n) is 8.99. The largest absolute Gasteiger partial charge is 0.508 e. The molecule has 4 heteroatoms. The first-order chi connectivity index (χ1) is 7.72. The molecule has 1 rings (SSSR count). The second-order valence-electron chi connectivity index (χ2n) is 3.47. The first-order valence-corrected chi connectivity index (χ1v) is 5.81. The van der Waals surface area contributed by atoms with Crippen LogP contribution in [0, 0.1) is 0 Å². The van der Waals surface area contributed by atoms with Crippen LogP contribution in [0.2, 0.25) is 0 Å². The molecular weight excluding hydrogens is 228 g/mol. The molecule has 88 valence electrons. The number of aromatic hydroxyl groups is 1. The Hall–Kier alpha value is -1.22. The fourth-order valence-electron chi connectivity index (χ4n) is 1.27. The summed E-state index contributed by atoms with van der Waals surface area (Å²) in [4.78, 5) is 11.4. The highest BCUT2D eigenvalue weighted by atomic mass is 35.5. The summed E-state index contributed by atoms with van der Waals surface area (Å²) < 4.78 is 5.04. The van der Waals surface area contributed by atoms with Gasteiger partial charge in [-0.05, 0) is 25.0 Å². The highest BCUT2D eigenvalue weighted by Gasteiger charge is 2.04. The maximum Gasteiger partial charge on any atom is 0.311 e. The van der Waals surface area contributed by atoms with Crippen molar-refractivity contribution < 1.29 is 14.6 Å². The summed E-state index contributed by atoms with van der Waals surface area (Å²) in [7, 11) is 0. The van der Waals surface area contributed by atoms with Gasteiger partial charge in [0.15, 0.2) is 0 Å². The standard InChI is InChI=1S/C12H15ClO3/c13-8-3-1-2-7-12(15)16-11-6-4-5-10(14)9-11/h4-6,9,14H,1-3,7-8H2. The molecule has 3 nitrogen and oxygen atoms in total. The monoisotopic (exact) mass is 242 g/mol. The Morgan fingerprint density at radius 3 is 2.81 bits per heavy atom. The van der Waals surface area contributed by atoms with Crippen molar-refractivity contribution in [3.05, 3.63) is 24.3 Å². The van der Waals surface area contributed by atoms with Gasteiger partial charge in [0, 0.05) is 18.4 Å². The fourth-order valence-corrected chi connectivity index (χ4v) is 1.46. The van der Waals surface area contributed by atoms with Gasteiger partial charge in [0.05, 0.1) is 0 Å². The second-order valence-corrected chi connectivity index (χ2v) is 3.85. The topological polar surface area (TPSA) is 46.5 Å². The van der Waals surface area contributed by atoms with E-state index in [9.17, 15) is 4.79 Å². The first kappa shape index (κ1) is 12.8. The molecule has 0 bridgehead atoms. The molecule has 0 saturated heterocycles. The summed E-state index contributed by atoms with van der Waals surface area (Å²) in [6, 6.07) is 6.20. The van der Waals surface area contributed by atoms with E-state index in [1.165, 1.54) is 12.1 Å². The Labute approximate surface area is 100.0 Å². The third-order valence-corrected chi connectivity index (χ3v) is 2.33. The maximum absolute atomic E-state index is 11.4. The molecule has 0 aliphatic heterocycles. The van der Waals surface area contributed by atoms with Crippen LogP contribution in [-0.2, 0) is 4.79 Å². The van der Waals surface area contributed by atoms with Gasteiger partial charge in [-0.3, -0.25) is 4.79 Å². The van der Waals surface area contributed by atoms with Crippen molar-refractivity contribution in [1.29, 1.82) is 0 Å². The van der Waals surface area contributed by atoms with E-state index in [4.69, 9.17) is 21.4 Å². The summed E-state index contributed by atoms with van der Waals surface area (Å²) >= 11 is 5.52. The number of phenols is 1. The molecule has 0 radical (unpaired) electrons. The van der Waals surface area contributed by atoms with E-state index < -0.39 is 0 Å². The molecular formula is C12H15ClO3. The Kier molecular flexibility index (Phi) is 5.72. The van der Waals surface area contributed by atoms with Gasteiger partial charge < -0.3 is 9.84 Å². The van der Waals surface area contributed by atoms with Crippen LogP contribution >= 0.6 is 11.6 Å². The zero-order valence-corrected chi connectivity index (χ0v) is 9.74. The molecule has 16 heavy (non-hydrogen) atoms. The van der Waals surface area contributed by atoms with Crippen LogP contribution in [-0.4, -0.2) is 17.0 Å². The lowest BCUT2D eigenvalue weighted by molar-refractivity contribution is -0.134. The van der Waals surface area contributed by atoms with Crippen molar-refractivity contribution in [3.63, 3.8) is 0 Å². The number of carbonyl (C=O) groups is 1. The maximum atomic E-state index is 11.4. The Morgan fingerprint density at radius 2 is 2.12 bits per heavy atom. The quantitative estimate of drug-likeness (QED) is 0.361. The Morgan fingerprint density at radius 1 is 1.31 bits per heavy atom. The van der Waals surface area contributed by atoms with E-state index in [2.05, 4.69) is 0 Å². The number of esters is 1. The van der Waals surface area contributed by atoms with Gasteiger partial charge in [-0.2, -0.15) is 0 Å². The molecule has 1 aromatic carbocycles. The second kappa shape index (κ2) is 7.12. The van der Waals surface area contributed by atoms with Gasteiger partial charge in [0.1, 0.15) is 11.5 Å². The van der Waals surface area contributed by atoms with Crippen molar-refractivity contribution >= 4 is 17.6 Å². The summed E-state index contributed by atoms with van der Waals surface area (Å²) in [5.41, 5.74) is 0. The Bertz CT molecular complexity index is 339. The van der Waals surface area contributed by atoms with E-state index in [-0.39, 0.29) is 11.7 Å². The number of hydrogen-bond donors (Lipinski definition) is 1. The zero-order chi connectivity index (χ0) is 11.8. The highest BCUT2D eigenvalue weighted by Crippen LogP contribution is 2.18. The van der Waals surface area contributed by atoms with E-state index >= 15 is 0 Å². The van der Waals surface area contributed by atoms with E-state index in [0.717, 1.165) is 19.3 Å². The SMILES string of the molecule is O=C(CCCCCCl)Oc1cccc(O)c1. The number of hydrogen-bond acceptors (Lipinski definition) is 3. The molecule has 0 amide bonds. The normalized spacial score (nSPS) is 10.1. The Balaban J connectivity index is 2.29. The smallest absolute Gasteiger partial charge is 0.311 e. The average molecular weight is 243 g/mol. The number of alkyl halides is 1. The van der Waals surface area contributed by atoms with E-state index in [0.29, 0.717) is 18.1 Å². The van der Waals surface area contributed by atoms with E-state index in [1.807, 2.05) is 0 Å². The lowest BCUT2D eigenvalue weighted by Gasteiger charge is -2.04. The molecule has 0 atom stereocenters. The first-order valence-electron chi connectivity index (χ1n) is 5.28. The van der Waals surface area contributed by atoms with Crippen molar-refractivity contribution in [3.8, 4) is 11.5 Å². The van der Waals surface area contributed by atoms with Gasteiger partial charge in [-0.15, -0.1) is 11.6 Å². The van der Waals surface area contributed by atoms with Crippen molar-refractivity contribution in [1.82, 2.24) is 0 Å². The molecule has 0 saturated carbocycles. The van der Waals surface area contributed by atoms with Crippen LogP contribution in [0.15, 0.2) is 24.3 Å². The van der Waals surface area contributed by atoms with Crippen molar-refractivity contribution in [2.45, 2.75) is 25.7 Å². The summed E-state index contributed by atoms with van der Waals surface area (Å²) in [5, 5.41) is 9.17. The minimum Gasteiger partial charge on any atom is -0.508 e. The predicted molar refractivity (Wildman–Crippen MR) is 62.9 cm³/mol. The number of ether oxygens (including phenoxy) is 1. The summed E-state index contributed by atoms with van der Waals surface area (Å²) in [6.07, 6.45) is 3.01. The van der Waals surface area contributed by atoms with Crippen LogP contribution in [0.25, 0.3) is 0 Å². The number of phenolic OH excluding ortho intramolecular Hbond substituents is 1. The molecule has 0 unspecified atom stereocenters. The van der Waals surface area contributed by atoms with Crippen molar-refractivity contribution in [2.75, 3.05) is 5.88 Å². The van der Waals surface area contributed by atoms with Crippen LogP contribution in [0.1, 0.15) is 25.7 Å². The number of unbranched alkanes of at least 4 members (excludes halogenated alkanes) is 2. The van der Waals surface area contributed by atoms with E-state index in [1.54, 1.807) is 12.1 Å². The molecule has 1 aromatic rings. The molecule has 0 aliphatic carbocycles. The third-order valence-electron chi connectivity index (χ3n) is 2.06. The average Bonchev–Trinajstić information content (AvgIpc) is 2.24. The molecule has 0 fully saturated rings. The number of carbonyl (C=O) groups excluding carboxylic acids is 1.